The van der Waals surface area contributed by atoms with Gasteiger partial charge in [0.2, 0.25) is 26.0 Å². The maximum Gasteiger partial charge on any atom is 1.00 e. The maximum absolute atomic E-state index is 12.8. The van der Waals surface area contributed by atoms with Crippen molar-refractivity contribution < 1.29 is 89.8 Å². The number of carbonyl (C=O) groups is 4. The normalized spacial score (nSPS) is 13.9. The summed E-state index contributed by atoms with van der Waals surface area (Å²) >= 11 is 0. The van der Waals surface area contributed by atoms with Crippen LogP contribution in [0, 0.1) is 0 Å². The van der Waals surface area contributed by atoms with Crippen LogP contribution < -0.4 is 45.3 Å². The predicted molar refractivity (Wildman–Crippen MR) is 251 cm³/mol. The number of hydrogen-bond donors (Lipinski definition) is 3. The molecule has 4 N–H and O–H groups in total. The Morgan fingerprint density at radius 1 is 0.672 bits per heavy atom. The molecule has 21 heteroatoms. The van der Waals surface area contributed by atoms with E-state index in [1.165, 1.54) is 11.2 Å². The van der Waals surface area contributed by atoms with Gasteiger partial charge in [-0.05, 0) is 103 Å². The number of nitrogens with one attached hydrogen (secondary N) is 1. The van der Waals surface area contributed by atoms with Gasteiger partial charge in [-0.3, -0.25) is 9.59 Å². The number of hydrogen-bond acceptors (Lipinski definition) is 15. The molecule has 4 aromatic rings. The zero-order chi connectivity index (χ0) is 49.3. The molecule has 17 nitrogen and oxygen atoms in total. The number of aliphatic hydroxyl groups excluding tert-OH is 1. The van der Waals surface area contributed by atoms with Crippen molar-refractivity contribution in [2.45, 2.75) is 95.6 Å². The number of rotatable bonds is 10. The molecule has 3 radical (unpaired) electrons. The molecule has 0 atom stereocenters. The van der Waals surface area contributed by atoms with Crippen molar-refractivity contribution in [3.63, 3.8) is 0 Å². The van der Waals surface area contributed by atoms with Crippen LogP contribution in [-0.4, -0.2) is 102 Å². The number of Topliss-reactive ketones (excluding diaryl/α,β-unsaturated/α-hetero) is 1. The van der Waals surface area contributed by atoms with Crippen LogP contribution in [0.2, 0.25) is 0 Å². The standard InChI is InChI=1S/C20H26N2O3S.C13H17NO3S.C7H9NO.C4H6O4.C2H3BO2.Na/c1-2-16-5-9-20(10-6-16)26(24,25)22-13-11-19(12-14-22)21-18-7-3-17(15-23)4-8-18;1-2-11-3-5-13(6-4-11)18(16,17)14-9-7-12(15)8-10-14;1-9-7-4-2-6(8)3-5-7;1-3(5)7-8-4(2)6;1-2(4)5-3;/h3-10,19,21,23H,2,11-15H2,1H3;3-6H,2,7-10H2,1H3;2-5H,8H2,1H3;1-2H3;1H3;/q;;;;-1;+1. The third-order valence-corrected chi connectivity index (χ3v) is 13.6. The van der Waals surface area contributed by atoms with Gasteiger partial charge in [-0.25, -0.2) is 36.2 Å². The molecule has 0 bridgehead atoms. The van der Waals surface area contributed by atoms with E-state index in [-0.39, 0.29) is 48.0 Å². The first-order valence-electron chi connectivity index (χ1n) is 21.1. The van der Waals surface area contributed by atoms with Crippen LogP contribution in [-0.2, 0) is 73.1 Å². The molecule has 6 rings (SSSR count). The molecular weight excluding hydrogens is 914 g/mol. The number of aliphatic hydroxyl groups is 1. The van der Waals surface area contributed by atoms with Crippen LogP contribution >= 0.6 is 0 Å². The Balaban J connectivity index is 0.000000472. The quantitative estimate of drug-likeness (QED) is 0.0896. The van der Waals surface area contributed by atoms with E-state index in [9.17, 15) is 36.0 Å². The van der Waals surface area contributed by atoms with E-state index in [1.807, 2.05) is 67.6 Å². The van der Waals surface area contributed by atoms with E-state index in [2.05, 4.69) is 34.7 Å². The van der Waals surface area contributed by atoms with Crippen molar-refractivity contribution >= 4 is 63.2 Å². The molecule has 2 saturated heterocycles. The van der Waals surface area contributed by atoms with Crippen LogP contribution in [0.3, 0.4) is 0 Å². The molecule has 2 aliphatic rings. The number of piperidine rings is 2. The molecule has 2 fully saturated rings. The smallest absolute Gasteiger partial charge is 0.793 e. The van der Waals surface area contributed by atoms with Crippen molar-refractivity contribution in [3.05, 3.63) is 114 Å². The van der Waals surface area contributed by atoms with Gasteiger partial charge >= 0.3 is 41.5 Å². The minimum atomic E-state index is -3.43. The zero-order valence-electron chi connectivity index (χ0n) is 39.3. The third-order valence-electron chi connectivity index (χ3n) is 9.74. The van der Waals surface area contributed by atoms with E-state index in [0.29, 0.717) is 48.8 Å². The van der Waals surface area contributed by atoms with Gasteiger partial charge in [0, 0.05) is 77.2 Å². The van der Waals surface area contributed by atoms with Crippen molar-refractivity contribution in [2.24, 2.45) is 0 Å². The SMILES string of the molecule is CC(=O)OOC(C)=O.CCc1ccc(S(=O)(=O)N2CCC(=O)CC2)cc1.CCc1ccc(S(=O)(=O)N2CCC(Nc3ccc(CO)cc3)CC2)cc1.COc1ccc(N)cc1.[B-]OC(C)=O.[Na+]. The summed E-state index contributed by atoms with van der Waals surface area (Å²) in [6, 6.07) is 29.3. The molecule has 0 spiro atoms. The number of methoxy groups -OCH3 is 1. The van der Waals surface area contributed by atoms with E-state index in [4.69, 9.17) is 15.6 Å². The fourth-order valence-electron chi connectivity index (χ4n) is 5.97. The predicted octanol–water partition coefficient (Wildman–Crippen LogP) is 2.55. The largest absolute Gasteiger partial charge is 1.00 e. The van der Waals surface area contributed by atoms with Gasteiger partial charge in [-0.15, -0.1) is 0 Å². The van der Waals surface area contributed by atoms with E-state index in [1.54, 1.807) is 47.8 Å². The summed E-state index contributed by atoms with van der Waals surface area (Å²) in [4.78, 5) is 48.6. The Kier molecular flexibility index (Phi) is 28.1. The molecule has 359 valence electrons. The Labute approximate surface area is 418 Å². The zero-order valence-corrected chi connectivity index (χ0v) is 42.9. The summed E-state index contributed by atoms with van der Waals surface area (Å²) in [6.07, 6.45) is 3.98. The number of anilines is 2. The van der Waals surface area contributed by atoms with Crippen LogP contribution in [0.5, 0.6) is 5.75 Å². The summed E-state index contributed by atoms with van der Waals surface area (Å²) in [5, 5.41) is 12.6. The van der Waals surface area contributed by atoms with E-state index >= 15 is 0 Å². The van der Waals surface area contributed by atoms with Crippen LogP contribution in [0.25, 0.3) is 0 Å². The second-order valence-corrected chi connectivity index (χ2v) is 18.5. The molecular formula is C46H61BN4NaO13S2. The molecule has 4 aromatic carbocycles. The van der Waals surface area contributed by atoms with Gasteiger partial charge < -0.3 is 33.6 Å². The van der Waals surface area contributed by atoms with E-state index in [0.717, 1.165) is 73.3 Å². The Morgan fingerprint density at radius 2 is 1.06 bits per heavy atom. The fraction of sp³-hybridized carbons (Fsp3) is 0.391. The first-order chi connectivity index (χ1) is 31.3. The molecule has 0 unspecified atom stereocenters. The van der Waals surface area contributed by atoms with Crippen molar-refractivity contribution in [1.29, 1.82) is 0 Å². The summed E-state index contributed by atoms with van der Waals surface area (Å²) in [6.45, 7) is 9.28. The van der Waals surface area contributed by atoms with Crippen LogP contribution in [0.1, 0.15) is 77.0 Å². The van der Waals surface area contributed by atoms with Crippen molar-refractivity contribution in [3.8, 4) is 5.75 Å². The molecule has 0 aromatic heterocycles. The van der Waals surface area contributed by atoms with Gasteiger partial charge in [-0.1, -0.05) is 50.2 Å². The summed E-state index contributed by atoms with van der Waals surface area (Å²) in [5.41, 5.74) is 10.3. The maximum atomic E-state index is 12.8. The second-order valence-electron chi connectivity index (χ2n) is 14.6. The third kappa shape index (κ3) is 22.2. The monoisotopic (exact) mass is 975 g/mol. The summed E-state index contributed by atoms with van der Waals surface area (Å²) in [7, 11) is -0.892. The van der Waals surface area contributed by atoms with Crippen LogP contribution in [0.4, 0.5) is 11.4 Å². The summed E-state index contributed by atoms with van der Waals surface area (Å²) in [5.74, 6) is -0.766. The molecule has 0 amide bonds. The number of aryl methyl sites for hydroxylation is 2. The first-order valence-corrected chi connectivity index (χ1v) is 24.0. The van der Waals surface area contributed by atoms with Crippen molar-refractivity contribution in [1.82, 2.24) is 8.61 Å². The van der Waals surface area contributed by atoms with Gasteiger partial charge in [0.05, 0.1) is 23.5 Å². The van der Waals surface area contributed by atoms with Gasteiger partial charge in [-0.2, -0.15) is 8.61 Å². The average Bonchev–Trinajstić information content (AvgIpc) is 3.32. The van der Waals surface area contributed by atoms with Gasteiger partial charge in [0.25, 0.3) is 0 Å². The number of benzene rings is 4. The Hall–Kier alpha value is -4.80. The Bertz CT molecular complexity index is 2310. The number of ketones is 1. The summed E-state index contributed by atoms with van der Waals surface area (Å²) < 4.78 is 61.7. The average molecular weight is 976 g/mol. The minimum Gasteiger partial charge on any atom is -0.793 e. The van der Waals surface area contributed by atoms with Gasteiger partial charge in [0.1, 0.15) is 11.5 Å². The molecule has 67 heavy (non-hydrogen) atoms. The van der Waals surface area contributed by atoms with Gasteiger partial charge in [0.15, 0.2) is 0 Å². The molecule has 2 heterocycles. The Morgan fingerprint density at radius 3 is 1.40 bits per heavy atom. The van der Waals surface area contributed by atoms with Crippen molar-refractivity contribution in [2.75, 3.05) is 44.3 Å². The molecule has 0 saturated carbocycles. The number of sulfonamides is 2. The fourth-order valence-corrected chi connectivity index (χ4v) is 8.88. The van der Waals surface area contributed by atoms with E-state index < -0.39 is 38.0 Å². The topological polar surface area (TPSA) is 238 Å². The second kappa shape index (κ2) is 31.3. The first kappa shape index (κ1) is 60.2. The number of nitrogen functional groups attached to an aromatic ring is 1. The van der Waals surface area contributed by atoms with Crippen LogP contribution in [0.15, 0.2) is 107 Å². The number of nitrogens with zero attached hydrogens (tertiary/aromatic N) is 2. The molecule has 2 aliphatic heterocycles. The molecule has 0 aliphatic carbocycles. The minimum absolute atomic E-state index is 0. The number of ether oxygens (including phenoxy) is 1. The number of nitrogens with two attached hydrogens (primary N) is 1. The number of carbonyl (C=O) groups excluding carboxylic acids is 4.